The van der Waals surface area contributed by atoms with Gasteiger partial charge in [0.1, 0.15) is 5.76 Å². The number of furan rings is 1. The normalized spacial score (nSPS) is 14.5. The van der Waals surface area contributed by atoms with Crippen molar-refractivity contribution in [2.45, 2.75) is 18.9 Å². The van der Waals surface area contributed by atoms with Crippen LogP contribution >= 0.6 is 15.9 Å². The predicted octanol–water partition coefficient (Wildman–Crippen LogP) is 3.50. The summed E-state index contributed by atoms with van der Waals surface area (Å²) in [5.74, 6) is 1.25. The van der Waals surface area contributed by atoms with Gasteiger partial charge in [-0.05, 0) is 52.8 Å². The van der Waals surface area contributed by atoms with E-state index in [0.29, 0.717) is 5.92 Å². The average molecular weight is 295 g/mol. The van der Waals surface area contributed by atoms with Gasteiger partial charge in [0.15, 0.2) is 4.67 Å². The minimum Gasteiger partial charge on any atom is -0.453 e. The van der Waals surface area contributed by atoms with Gasteiger partial charge in [-0.1, -0.05) is 6.92 Å². The Morgan fingerprint density at radius 3 is 2.47 bits per heavy atom. The first-order valence-corrected chi connectivity index (χ1v) is 6.34. The summed E-state index contributed by atoms with van der Waals surface area (Å²) in [5, 5.41) is 3.29. The van der Waals surface area contributed by atoms with Crippen LogP contribution < -0.4 is 5.32 Å². The Labute approximate surface area is 109 Å². The molecule has 1 N–H and O–H groups in total. The van der Waals surface area contributed by atoms with Crippen LogP contribution in [0, 0.1) is 0 Å². The molecule has 0 saturated heterocycles. The fourth-order valence-corrected chi connectivity index (χ4v) is 2.31. The first kappa shape index (κ1) is 12.3. The van der Waals surface area contributed by atoms with E-state index in [2.05, 4.69) is 33.2 Å². The van der Waals surface area contributed by atoms with E-state index in [1.165, 1.54) is 5.56 Å². The summed E-state index contributed by atoms with van der Waals surface area (Å²) in [6.45, 7) is 2.17. The van der Waals surface area contributed by atoms with Crippen molar-refractivity contribution in [3.63, 3.8) is 0 Å². The van der Waals surface area contributed by atoms with Gasteiger partial charge in [-0.3, -0.25) is 4.98 Å². The molecule has 0 radical (unpaired) electrons. The molecule has 0 aliphatic heterocycles. The summed E-state index contributed by atoms with van der Waals surface area (Å²) in [6.07, 6.45) is 3.63. The number of rotatable bonds is 4. The lowest BCUT2D eigenvalue weighted by atomic mass is 9.92. The van der Waals surface area contributed by atoms with Crippen molar-refractivity contribution in [3.8, 4) is 0 Å². The van der Waals surface area contributed by atoms with Crippen LogP contribution in [0.1, 0.15) is 30.2 Å². The van der Waals surface area contributed by atoms with Crippen LogP contribution in [0.15, 0.2) is 45.7 Å². The highest BCUT2D eigenvalue weighted by atomic mass is 79.9. The molecule has 0 aliphatic carbocycles. The first-order valence-electron chi connectivity index (χ1n) is 5.55. The van der Waals surface area contributed by atoms with Crippen molar-refractivity contribution in [1.29, 1.82) is 0 Å². The zero-order chi connectivity index (χ0) is 12.3. The summed E-state index contributed by atoms with van der Waals surface area (Å²) in [6, 6.07) is 8.13. The molecule has 0 spiro atoms. The quantitative estimate of drug-likeness (QED) is 0.938. The van der Waals surface area contributed by atoms with Crippen LogP contribution in [-0.4, -0.2) is 12.0 Å². The Bertz CT molecular complexity index is 469. The van der Waals surface area contributed by atoms with E-state index >= 15 is 0 Å². The van der Waals surface area contributed by atoms with Crippen molar-refractivity contribution in [2.24, 2.45) is 0 Å². The topological polar surface area (TPSA) is 38.1 Å². The molecule has 2 heterocycles. The molecule has 0 aliphatic rings. The molecule has 0 saturated carbocycles. The van der Waals surface area contributed by atoms with E-state index < -0.39 is 0 Å². The zero-order valence-electron chi connectivity index (χ0n) is 9.85. The Kier molecular flexibility index (Phi) is 3.97. The van der Waals surface area contributed by atoms with Gasteiger partial charge in [-0.15, -0.1) is 0 Å². The highest BCUT2D eigenvalue weighted by Gasteiger charge is 2.21. The van der Waals surface area contributed by atoms with E-state index in [-0.39, 0.29) is 6.04 Å². The summed E-state index contributed by atoms with van der Waals surface area (Å²) in [7, 11) is 1.94. The van der Waals surface area contributed by atoms with Gasteiger partial charge in [0.05, 0.1) is 6.04 Å². The van der Waals surface area contributed by atoms with Crippen LogP contribution in [-0.2, 0) is 0 Å². The Balaban J connectivity index is 2.25. The molecular weight excluding hydrogens is 280 g/mol. The van der Waals surface area contributed by atoms with Crippen LogP contribution in [0.2, 0.25) is 0 Å². The highest BCUT2D eigenvalue weighted by Crippen LogP contribution is 2.31. The second-order valence-corrected chi connectivity index (χ2v) is 4.76. The number of halogens is 1. The fraction of sp³-hybridized carbons (Fsp3) is 0.308. The van der Waals surface area contributed by atoms with Gasteiger partial charge in [0, 0.05) is 18.3 Å². The molecule has 2 aromatic heterocycles. The second kappa shape index (κ2) is 5.47. The van der Waals surface area contributed by atoms with Crippen LogP contribution in [0.25, 0.3) is 0 Å². The smallest absolute Gasteiger partial charge is 0.169 e. The van der Waals surface area contributed by atoms with E-state index in [4.69, 9.17) is 4.42 Å². The monoisotopic (exact) mass is 294 g/mol. The zero-order valence-corrected chi connectivity index (χ0v) is 11.4. The third-order valence-electron chi connectivity index (χ3n) is 2.94. The molecule has 0 fully saturated rings. The van der Waals surface area contributed by atoms with Gasteiger partial charge < -0.3 is 9.73 Å². The number of hydrogen-bond acceptors (Lipinski definition) is 3. The molecule has 2 unspecified atom stereocenters. The molecule has 2 atom stereocenters. The van der Waals surface area contributed by atoms with Gasteiger partial charge in [-0.2, -0.15) is 0 Å². The molecule has 0 aromatic carbocycles. The number of nitrogens with one attached hydrogen (secondary N) is 1. The first-order chi connectivity index (χ1) is 8.22. The lowest BCUT2D eigenvalue weighted by Gasteiger charge is -2.21. The lowest BCUT2D eigenvalue weighted by molar-refractivity contribution is 0.385. The minimum atomic E-state index is 0.156. The maximum absolute atomic E-state index is 5.62. The summed E-state index contributed by atoms with van der Waals surface area (Å²) in [4.78, 5) is 4.04. The van der Waals surface area contributed by atoms with E-state index in [0.717, 1.165) is 10.4 Å². The standard InChI is InChI=1S/C13H15BrN2O/c1-9(10-5-7-16-8-6-10)13(15-2)11-3-4-12(14)17-11/h3-9,13,15H,1-2H3. The predicted molar refractivity (Wildman–Crippen MR) is 70.9 cm³/mol. The number of pyridine rings is 1. The van der Waals surface area contributed by atoms with Crippen molar-refractivity contribution < 1.29 is 4.42 Å². The van der Waals surface area contributed by atoms with Gasteiger partial charge >= 0.3 is 0 Å². The van der Waals surface area contributed by atoms with Gasteiger partial charge in [0.2, 0.25) is 0 Å². The molecule has 3 nitrogen and oxygen atoms in total. The number of hydrogen-bond donors (Lipinski definition) is 1. The number of nitrogens with zero attached hydrogens (tertiary/aromatic N) is 1. The lowest BCUT2D eigenvalue weighted by Crippen LogP contribution is -2.21. The van der Waals surface area contributed by atoms with E-state index in [1.807, 2.05) is 43.7 Å². The molecule has 0 bridgehead atoms. The molecule has 90 valence electrons. The number of aromatic nitrogens is 1. The Morgan fingerprint density at radius 2 is 1.94 bits per heavy atom. The van der Waals surface area contributed by atoms with Crippen molar-refractivity contribution in [2.75, 3.05) is 7.05 Å². The summed E-state index contributed by atoms with van der Waals surface area (Å²) < 4.78 is 6.38. The SMILES string of the molecule is CNC(c1ccc(Br)o1)C(C)c1ccncc1. The van der Waals surface area contributed by atoms with E-state index in [9.17, 15) is 0 Å². The molecule has 0 amide bonds. The average Bonchev–Trinajstić information content (AvgIpc) is 2.78. The maximum Gasteiger partial charge on any atom is 0.169 e. The maximum atomic E-state index is 5.62. The summed E-state index contributed by atoms with van der Waals surface area (Å²) in [5.41, 5.74) is 1.24. The Hall–Kier alpha value is -1.13. The van der Waals surface area contributed by atoms with E-state index in [1.54, 1.807) is 0 Å². The second-order valence-electron chi connectivity index (χ2n) is 3.98. The van der Waals surface area contributed by atoms with Crippen LogP contribution in [0.3, 0.4) is 0 Å². The minimum absolute atomic E-state index is 0.156. The fourth-order valence-electron chi connectivity index (χ4n) is 1.99. The third kappa shape index (κ3) is 2.76. The van der Waals surface area contributed by atoms with Crippen molar-refractivity contribution in [3.05, 3.63) is 52.7 Å². The Morgan fingerprint density at radius 1 is 1.24 bits per heavy atom. The van der Waals surface area contributed by atoms with Gasteiger partial charge in [-0.25, -0.2) is 0 Å². The van der Waals surface area contributed by atoms with Crippen molar-refractivity contribution in [1.82, 2.24) is 10.3 Å². The van der Waals surface area contributed by atoms with Crippen molar-refractivity contribution >= 4 is 15.9 Å². The largest absolute Gasteiger partial charge is 0.453 e. The number of likely N-dealkylation sites (N-methyl/N-ethyl adjacent to an activating group) is 1. The van der Waals surface area contributed by atoms with Crippen LogP contribution in [0.5, 0.6) is 0 Å². The molecular formula is C13H15BrN2O. The highest BCUT2D eigenvalue weighted by molar-refractivity contribution is 9.10. The van der Waals surface area contributed by atoms with Crippen LogP contribution in [0.4, 0.5) is 0 Å². The van der Waals surface area contributed by atoms with Gasteiger partial charge in [0.25, 0.3) is 0 Å². The molecule has 2 aromatic rings. The third-order valence-corrected chi connectivity index (χ3v) is 3.37. The summed E-state index contributed by atoms with van der Waals surface area (Å²) >= 11 is 3.33. The molecule has 2 rings (SSSR count). The molecule has 17 heavy (non-hydrogen) atoms. The molecule has 4 heteroatoms.